The van der Waals surface area contributed by atoms with Gasteiger partial charge in [-0.2, -0.15) is 0 Å². The molecule has 2 aliphatic heterocycles. The highest BCUT2D eigenvalue weighted by Crippen LogP contribution is 2.34. The summed E-state index contributed by atoms with van der Waals surface area (Å²) in [6, 6.07) is 15.9. The van der Waals surface area contributed by atoms with Crippen LogP contribution < -0.4 is 16.0 Å². The Morgan fingerprint density at radius 1 is 1.03 bits per heavy atom. The van der Waals surface area contributed by atoms with Gasteiger partial charge in [-0.05, 0) is 24.6 Å². The lowest BCUT2D eigenvalue weighted by molar-refractivity contribution is -0.140. The Hall–Kier alpha value is -3.41. The molecule has 0 aromatic heterocycles. The molecule has 0 saturated carbocycles. The molecule has 4 unspecified atom stereocenters. The van der Waals surface area contributed by atoms with Crippen molar-refractivity contribution in [2.45, 2.75) is 24.6 Å². The van der Waals surface area contributed by atoms with E-state index in [1.54, 1.807) is 38.2 Å². The molecule has 190 valence electrons. The third kappa shape index (κ3) is 5.23. The van der Waals surface area contributed by atoms with Gasteiger partial charge in [0.05, 0.1) is 47.2 Å². The number of thioether (sulfide) groups is 1. The zero-order valence-corrected chi connectivity index (χ0v) is 21.1. The minimum atomic E-state index is -0.609. The van der Waals surface area contributed by atoms with E-state index in [9.17, 15) is 19.2 Å². The molecular weight excluding hydrogens is 482 g/mol. The largest absolute Gasteiger partial charge is 0.462 e. The van der Waals surface area contributed by atoms with E-state index in [-0.39, 0.29) is 41.9 Å². The Balaban J connectivity index is 1.51. The number of nitrogens with zero attached hydrogens (tertiary/aromatic N) is 2. The second-order valence-electron chi connectivity index (χ2n) is 8.48. The molecule has 0 spiro atoms. The molecule has 4 atom stereocenters. The van der Waals surface area contributed by atoms with Crippen LogP contribution in [0.5, 0.6) is 0 Å². The standard InChI is InChI=1S/C25H29N5O5S/c1-4-35-24(33)16-12-8-9-13-17(16)26-18(31)14-36-22-19-21(29(2)25(34)30(3)23(19)32)27-20(28-22)15-10-6-5-7-11-15/h5-13,19-22,27-28H,4,14H2,1-3H3,(H,26,31). The molecule has 11 heteroatoms. The summed E-state index contributed by atoms with van der Waals surface area (Å²) in [5.41, 5.74) is 1.58. The van der Waals surface area contributed by atoms with E-state index in [1.807, 2.05) is 30.3 Å². The van der Waals surface area contributed by atoms with Gasteiger partial charge in [0.2, 0.25) is 11.8 Å². The number of amides is 4. The van der Waals surface area contributed by atoms with Gasteiger partial charge in [-0.3, -0.25) is 25.1 Å². The van der Waals surface area contributed by atoms with Crippen LogP contribution in [0.15, 0.2) is 54.6 Å². The topological polar surface area (TPSA) is 120 Å². The van der Waals surface area contributed by atoms with Gasteiger partial charge in [-0.1, -0.05) is 42.5 Å². The number of imide groups is 1. The zero-order chi connectivity index (χ0) is 25.8. The molecule has 3 N–H and O–H groups in total. The van der Waals surface area contributed by atoms with Crippen molar-refractivity contribution in [1.82, 2.24) is 20.4 Å². The Bertz CT molecular complexity index is 1150. The van der Waals surface area contributed by atoms with Crippen LogP contribution in [0.4, 0.5) is 10.5 Å². The van der Waals surface area contributed by atoms with Crippen LogP contribution in [0, 0.1) is 5.92 Å². The number of fused-ring (bicyclic) bond motifs is 1. The average Bonchev–Trinajstić information content (AvgIpc) is 2.90. The van der Waals surface area contributed by atoms with Crippen molar-refractivity contribution in [1.29, 1.82) is 0 Å². The van der Waals surface area contributed by atoms with Crippen LogP contribution in [-0.4, -0.2) is 71.6 Å². The average molecular weight is 512 g/mol. The predicted octanol–water partition coefficient (Wildman–Crippen LogP) is 2.22. The number of carbonyl (C=O) groups excluding carboxylic acids is 4. The van der Waals surface area contributed by atoms with Crippen LogP contribution in [0.3, 0.4) is 0 Å². The highest BCUT2D eigenvalue weighted by atomic mass is 32.2. The smallest absolute Gasteiger partial charge is 0.340 e. The van der Waals surface area contributed by atoms with E-state index in [0.717, 1.165) is 10.5 Å². The fourth-order valence-corrected chi connectivity index (χ4v) is 5.48. The van der Waals surface area contributed by atoms with Gasteiger partial charge in [-0.25, -0.2) is 9.59 Å². The highest BCUT2D eigenvalue weighted by Gasteiger charge is 2.51. The Labute approximate surface area is 213 Å². The fraction of sp³-hybridized carbons (Fsp3) is 0.360. The predicted molar refractivity (Wildman–Crippen MR) is 136 cm³/mol. The lowest BCUT2D eigenvalue weighted by Gasteiger charge is -2.50. The normalized spacial score (nSPS) is 23.8. The molecule has 4 rings (SSSR count). The summed E-state index contributed by atoms with van der Waals surface area (Å²) in [4.78, 5) is 53.5. The van der Waals surface area contributed by atoms with E-state index in [1.165, 1.54) is 23.7 Å². The van der Waals surface area contributed by atoms with Crippen LogP contribution in [0.2, 0.25) is 0 Å². The van der Waals surface area contributed by atoms with Crippen molar-refractivity contribution < 1.29 is 23.9 Å². The number of hydrogen-bond acceptors (Lipinski definition) is 8. The number of esters is 1. The lowest BCUT2D eigenvalue weighted by atomic mass is 9.96. The molecule has 0 aliphatic carbocycles. The first kappa shape index (κ1) is 25.7. The first-order chi connectivity index (χ1) is 17.3. The van der Waals surface area contributed by atoms with Crippen molar-refractivity contribution in [3.8, 4) is 0 Å². The third-order valence-electron chi connectivity index (χ3n) is 6.18. The maximum absolute atomic E-state index is 13.1. The molecule has 0 radical (unpaired) electrons. The number of carbonyl (C=O) groups is 4. The Kier molecular flexibility index (Phi) is 7.92. The minimum absolute atomic E-state index is 0.0220. The number of para-hydroxylation sites is 1. The molecule has 4 amide bonds. The minimum Gasteiger partial charge on any atom is -0.462 e. The van der Waals surface area contributed by atoms with E-state index in [0.29, 0.717) is 5.69 Å². The molecule has 2 aromatic rings. The quantitative estimate of drug-likeness (QED) is 0.484. The van der Waals surface area contributed by atoms with Crippen LogP contribution in [-0.2, 0) is 14.3 Å². The number of rotatable bonds is 7. The molecule has 10 nitrogen and oxygen atoms in total. The summed E-state index contributed by atoms with van der Waals surface area (Å²) in [6.45, 7) is 1.94. The molecule has 2 fully saturated rings. The summed E-state index contributed by atoms with van der Waals surface area (Å²) in [5, 5.41) is 9.12. The van der Waals surface area contributed by atoms with Crippen molar-refractivity contribution in [2.24, 2.45) is 5.92 Å². The van der Waals surface area contributed by atoms with Crippen molar-refractivity contribution in [3.05, 3.63) is 65.7 Å². The van der Waals surface area contributed by atoms with E-state index in [4.69, 9.17) is 4.74 Å². The molecule has 0 bridgehead atoms. The van der Waals surface area contributed by atoms with Gasteiger partial charge >= 0.3 is 12.0 Å². The van der Waals surface area contributed by atoms with E-state index >= 15 is 0 Å². The van der Waals surface area contributed by atoms with E-state index < -0.39 is 23.4 Å². The molecule has 36 heavy (non-hydrogen) atoms. The molecule has 2 saturated heterocycles. The second-order valence-corrected chi connectivity index (χ2v) is 9.61. The molecular formula is C25H29N5O5S. The molecule has 2 aromatic carbocycles. The number of ether oxygens (including phenoxy) is 1. The number of nitrogens with one attached hydrogen (secondary N) is 3. The Morgan fingerprint density at radius 3 is 2.44 bits per heavy atom. The zero-order valence-electron chi connectivity index (χ0n) is 20.3. The first-order valence-corrected chi connectivity index (χ1v) is 12.7. The van der Waals surface area contributed by atoms with Crippen molar-refractivity contribution in [3.63, 3.8) is 0 Å². The Morgan fingerprint density at radius 2 is 1.72 bits per heavy atom. The maximum Gasteiger partial charge on any atom is 0.340 e. The maximum atomic E-state index is 13.1. The number of urea groups is 1. The van der Waals surface area contributed by atoms with Crippen LogP contribution in [0.25, 0.3) is 0 Å². The third-order valence-corrected chi connectivity index (χ3v) is 7.40. The summed E-state index contributed by atoms with van der Waals surface area (Å²) in [5.74, 6) is -1.75. The lowest BCUT2D eigenvalue weighted by Crippen LogP contribution is -2.72. The van der Waals surface area contributed by atoms with E-state index in [2.05, 4.69) is 16.0 Å². The van der Waals surface area contributed by atoms with Crippen molar-refractivity contribution >= 4 is 41.3 Å². The van der Waals surface area contributed by atoms with Gasteiger partial charge in [-0.15, -0.1) is 11.8 Å². The number of hydrogen-bond donors (Lipinski definition) is 3. The van der Waals surface area contributed by atoms with Gasteiger partial charge < -0.3 is 15.0 Å². The van der Waals surface area contributed by atoms with Crippen molar-refractivity contribution in [2.75, 3.05) is 31.8 Å². The van der Waals surface area contributed by atoms with Crippen LogP contribution >= 0.6 is 11.8 Å². The monoisotopic (exact) mass is 511 g/mol. The summed E-state index contributed by atoms with van der Waals surface area (Å²) < 4.78 is 5.07. The summed E-state index contributed by atoms with van der Waals surface area (Å²) in [7, 11) is 3.12. The number of benzene rings is 2. The summed E-state index contributed by atoms with van der Waals surface area (Å²) >= 11 is 1.28. The molecule has 2 aliphatic rings. The van der Waals surface area contributed by atoms with Gasteiger partial charge in [0, 0.05) is 14.1 Å². The van der Waals surface area contributed by atoms with Crippen LogP contribution in [0.1, 0.15) is 29.0 Å². The fourth-order valence-electron chi connectivity index (χ4n) is 4.37. The highest BCUT2D eigenvalue weighted by molar-refractivity contribution is 8.00. The second kappa shape index (κ2) is 11.1. The SMILES string of the molecule is CCOC(=O)c1ccccc1NC(=O)CSC1NC(c2ccccc2)NC2C1C(=O)N(C)C(=O)N2C. The number of anilines is 1. The molecule has 2 heterocycles. The first-order valence-electron chi connectivity index (χ1n) is 11.6. The summed E-state index contributed by atoms with van der Waals surface area (Å²) in [6.07, 6.45) is -0.873. The van der Waals surface area contributed by atoms with Gasteiger partial charge in [0.25, 0.3) is 0 Å². The van der Waals surface area contributed by atoms with Gasteiger partial charge in [0.1, 0.15) is 0 Å². The van der Waals surface area contributed by atoms with Gasteiger partial charge in [0.15, 0.2) is 0 Å².